The Morgan fingerprint density at radius 1 is 0.967 bits per heavy atom. The van der Waals surface area contributed by atoms with Crippen molar-refractivity contribution in [3.63, 3.8) is 0 Å². The Labute approximate surface area is 179 Å². The van der Waals surface area contributed by atoms with E-state index in [0.29, 0.717) is 21.9 Å². The SMILES string of the molecule is Cc1c(-c2ccccc2)c(C(=O)[O-])c(C(=O)c2ccc(C3CCCCC3)cc2)[s+]1N. The molecule has 0 radical (unpaired) electrons. The molecule has 2 N–H and O–H groups in total. The number of benzene rings is 2. The quantitative estimate of drug-likeness (QED) is 0.477. The monoisotopic (exact) mass is 419 g/mol. The highest BCUT2D eigenvalue weighted by atomic mass is 32.2. The Balaban J connectivity index is 1.75. The molecule has 1 aliphatic carbocycles. The number of carboxylic acid groups (broad SMARTS) is 1. The zero-order valence-corrected chi connectivity index (χ0v) is 17.8. The Morgan fingerprint density at radius 2 is 1.60 bits per heavy atom. The zero-order valence-electron chi connectivity index (χ0n) is 17.0. The molecule has 2 aromatic carbocycles. The molecule has 0 spiro atoms. The highest BCUT2D eigenvalue weighted by Crippen LogP contribution is 2.41. The maximum atomic E-state index is 13.3. The van der Waals surface area contributed by atoms with Crippen molar-refractivity contribution in [2.45, 2.75) is 44.9 Å². The van der Waals surface area contributed by atoms with E-state index in [9.17, 15) is 14.7 Å². The summed E-state index contributed by atoms with van der Waals surface area (Å²) in [6, 6.07) is 16.8. The molecule has 1 aromatic heterocycles. The van der Waals surface area contributed by atoms with Gasteiger partial charge in [-0.1, -0.05) is 73.9 Å². The van der Waals surface area contributed by atoms with Gasteiger partial charge >= 0.3 is 0 Å². The van der Waals surface area contributed by atoms with E-state index in [-0.39, 0.29) is 16.2 Å². The average Bonchev–Trinajstić information content (AvgIpc) is 3.05. The first-order chi connectivity index (χ1) is 14.5. The third kappa shape index (κ3) is 3.71. The van der Waals surface area contributed by atoms with E-state index in [4.69, 9.17) is 5.14 Å². The van der Waals surface area contributed by atoms with Crippen molar-refractivity contribution in [2.75, 3.05) is 5.14 Å². The van der Waals surface area contributed by atoms with Crippen LogP contribution < -0.4 is 10.2 Å². The first-order valence-electron chi connectivity index (χ1n) is 10.3. The third-order valence-electron chi connectivity index (χ3n) is 6.10. The fraction of sp³-hybridized carbons (Fsp3) is 0.280. The van der Waals surface area contributed by atoms with Crippen LogP contribution in [0.2, 0.25) is 0 Å². The summed E-state index contributed by atoms with van der Waals surface area (Å²) in [5.41, 5.74) is 2.87. The molecule has 3 aromatic rings. The van der Waals surface area contributed by atoms with Crippen molar-refractivity contribution in [1.82, 2.24) is 0 Å². The van der Waals surface area contributed by atoms with Crippen LogP contribution in [0, 0.1) is 6.92 Å². The van der Waals surface area contributed by atoms with Crippen molar-refractivity contribution < 1.29 is 14.7 Å². The van der Waals surface area contributed by atoms with Crippen molar-refractivity contribution in [2.24, 2.45) is 0 Å². The number of hydrogen-bond acceptors (Lipinski definition) is 4. The molecule has 1 saturated carbocycles. The average molecular weight is 420 g/mol. The number of rotatable bonds is 5. The molecule has 0 amide bonds. The summed E-state index contributed by atoms with van der Waals surface area (Å²) in [4.78, 5) is 26.2. The first kappa shape index (κ1) is 20.5. The van der Waals surface area contributed by atoms with Crippen molar-refractivity contribution >= 4 is 22.4 Å². The largest absolute Gasteiger partial charge is 0.545 e. The molecule has 4 rings (SSSR count). The second kappa shape index (κ2) is 8.54. The highest BCUT2D eigenvalue weighted by molar-refractivity contribution is 7.33. The first-order valence-corrected chi connectivity index (χ1v) is 11.6. The predicted octanol–water partition coefficient (Wildman–Crippen LogP) is 4.77. The molecule has 1 heterocycles. The van der Waals surface area contributed by atoms with E-state index in [0.717, 1.165) is 5.56 Å². The van der Waals surface area contributed by atoms with Crippen LogP contribution in [0.15, 0.2) is 54.6 Å². The van der Waals surface area contributed by atoms with Crippen LogP contribution >= 0.6 is 10.7 Å². The second-order valence-corrected chi connectivity index (χ2v) is 9.61. The lowest BCUT2D eigenvalue weighted by molar-refractivity contribution is -0.254. The number of thiophene rings is 1. The minimum Gasteiger partial charge on any atom is -0.545 e. The van der Waals surface area contributed by atoms with Gasteiger partial charge in [-0.25, -0.2) is 0 Å². The number of nitrogens with two attached hydrogens (primary N) is 1. The fourth-order valence-electron chi connectivity index (χ4n) is 4.50. The summed E-state index contributed by atoms with van der Waals surface area (Å²) in [5.74, 6) is -1.15. The Kier molecular flexibility index (Phi) is 5.84. The summed E-state index contributed by atoms with van der Waals surface area (Å²) in [7, 11) is -1.09. The smallest absolute Gasteiger partial charge is 0.252 e. The van der Waals surface area contributed by atoms with E-state index in [2.05, 4.69) is 0 Å². The Morgan fingerprint density at radius 3 is 2.20 bits per heavy atom. The number of carbonyl (C=O) groups excluding carboxylic acids is 2. The Bertz CT molecular complexity index is 1080. The van der Waals surface area contributed by atoms with Crippen molar-refractivity contribution in [3.05, 3.63) is 81.0 Å². The molecule has 5 heteroatoms. The highest BCUT2D eigenvalue weighted by Gasteiger charge is 2.35. The zero-order chi connectivity index (χ0) is 21.3. The predicted molar refractivity (Wildman–Crippen MR) is 119 cm³/mol. The number of aromatic carboxylic acids is 1. The molecular weight excluding hydrogens is 394 g/mol. The van der Waals surface area contributed by atoms with E-state index in [1.165, 1.54) is 37.7 Å². The molecule has 0 saturated heterocycles. The molecule has 0 aliphatic heterocycles. The van der Waals surface area contributed by atoms with Gasteiger partial charge in [-0.15, -0.1) is 5.14 Å². The summed E-state index contributed by atoms with van der Waals surface area (Å²) < 4.78 is 0. The molecule has 30 heavy (non-hydrogen) atoms. The second-order valence-electron chi connectivity index (χ2n) is 7.91. The van der Waals surface area contributed by atoms with Crippen LogP contribution in [0.3, 0.4) is 0 Å². The fourth-order valence-corrected chi connectivity index (χ4v) is 5.97. The van der Waals surface area contributed by atoms with Crippen molar-refractivity contribution in [3.8, 4) is 11.1 Å². The van der Waals surface area contributed by atoms with Crippen molar-refractivity contribution in [1.29, 1.82) is 0 Å². The summed E-state index contributed by atoms with van der Waals surface area (Å²) in [6.45, 7) is 1.79. The van der Waals surface area contributed by atoms with Crippen LogP contribution in [0.4, 0.5) is 0 Å². The van der Waals surface area contributed by atoms with Crippen LogP contribution in [-0.2, 0) is 0 Å². The van der Waals surface area contributed by atoms with E-state index in [1.54, 1.807) is 19.1 Å². The number of carboxylic acids is 1. The van der Waals surface area contributed by atoms with Gasteiger partial charge in [-0.2, -0.15) is 0 Å². The Hall–Kier alpha value is -2.76. The van der Waals surface area contributed by atoms with Gasteiger partial charge in [-0.05, 0) is 29.9 Å². The van der Waals surface area contributed by atoms with Crippen LogP contribution in [0.25, 0.3) is 11.1 Å². The van der Waals surface area contributed by atoms with Gasteiger partial charge in [0.2, 0.25) is 5.78 Å². The minimum absolute atomic E-state index is 0.0779. The maximum absolute atomic E-state index is 13.3. The normalized spacial score (nSPS) is 15.2. The van der Waals surface area contributed by atoms with Crippen LogP contribution in [0.5, 0.6) is 0 Å². The standard InChI is InChI=1S/C25H25NO3S/c1-16-21(19-10-6-3-7-11-19)22(25(28)29)24(30(16)26)23(27)20-14-12-18(13-15-20)17-8-4-2-5-9-17/h3,6-7,10-15,17H,2,4-5,8-9,26H2,1H3. The van der Waals surface area contributed by atoms with Gasteiger partial charge in [0.25, 0.3) is 4.88 Å². The lowest BCUT2D eigenvalue weighted by atomic mass is 9.84. The maximum Gasteiger partial charge on any atom is 0.252 e. The third-order valence-corrected chi connectivity index (χ3v) is 7.79. The number of carbonyl (C=O) groups is 2. The van der Waals surface area contributed by atoms with E-state index in [1.807, 2.05) is 42.5 Å². The number of ketones is 1. The molecule has 154 valence electrons. The molecule has 1 fully saturated rings. The van der Waals surface area contributed by atoms with Gasteiger partial charge in [0.05, 0.1) is 27.8 Å². The van der Waals surface area contributed by atoms with E-state index >= 15 is 0 Å². The number of hydrogen-bond donors (Lipinski definition) is 1. The van der Waals surface area contributed by atoms with E-state index < -0.39 is 16.6 Å². The van der Waals surface area contributed by atoms with Gasteiger partial charge in [0.1, 0.15) is 0 Å². The summed E-state index contributed by atoms with van der Waals surface area (Å²) in [6.07, 6.45) is 6.15. The lowest BCUT2D eigenvalue weighted by Gasteiger charge is -2.21. The molecule has 0 bridgehead atoms. The minimum atomic E-state index is -1.36. The molecule has 1 unspecified atom stereocenters. The summed E-state index contributed by atoms with van der Waals surface area (Å²) in [5, 5.41) is 18.4. The molecule has 1 atom stereocenters. The lowest BCUT2D eigenvalue weighted by Crippen LogP contribution is -2.25. The van der Waals surface area contributed by atoms with Crippen LogP contribution in [0.1, 0.15) is 74.1 Å². The van der Waals surface area contributed by atoms with Gasteiger partial charge in [-0.3, -0.25) is 4.79 Å². The molecular formula is C25H25NO3S. The number of nitrogen functional groups attached to an aromatic ring is 1. The topological polar surface area (TPSA) is 83.2 Å². The van der Waals surface area contributed by atoms with Gasteiger partial charge < -0.3 is 9.90 Å². The molecule has 1 aliphatic rings. The van der Waals surface area contributed by atoms with Gasteiger partial charge in [0, 0.05) is 12.5 Å². The van der Waals surface area contributed by atoms with Crippen LogP contribution in [-0.4, -0.2) is 11.8 Å². The van der Waals surface area contributed by atoms with Gasteiger partial charge in [0.15, 0.2) is 4.88 Å². The molecule has 4 nitrogen and oxygen atoms in total. The summed E-state index contributed by atoms with van der Waals surface area (Å²) >= 11 is 0.